The topological polar surface area (TPSA) is 114 Å². The molecule has 5 rings (SSSR count). The van der Waals surface area contributed by atoms with E-state index < -0.39 is 24.2 Å². The van der Waals surface area contributed by atoms with E-state index in [0.717, 1.165) is 27.8 Å². The van der Waals surface area contributed by atoms with Crippen LogP contribution in [0.15, 0.2) is 78.9 Å². The van der Waals surface area contributed by atoms with Gasteiger partial charge in [0.15, 0.2) is 6.04 Å². The van der Waals surface area contributed by atoms with Crippen LogP contribution in [0, 0.1) is 11.8 Å². The number of carbonyl (C=O) groups excluding carboxylic acids is 2. The van der Waals surface area contributed by atoms with Crippen LogP contribution in [-0.2, 0) is 25.7 Å². The summed E-state index contributed by atoms with van der Waals surface area (Å²) in [6, 6.07) is 24.5. The number of alkyl carbamates (subject to hydrolysis) is 1. The first-order valence-corrected chi connectivity index (χ1v) is 13.2. The van der Waals surface area contributed by atoms with Crippen molar-refractivity contribution in [2.75, 3.05) is 13.2 Å². The lowest BCUT2D eigenvalue weighted by Gasteiger charge is -2.22. The average molecular weight is 529 g/mol. The first-order valence-electron chi connectivity index (χ1n) is 13.2. The molecule has 0 spiro atoms. The summed E-state index contributed by atoms with van der Waals surface area (Å²) < 4.78 is 11.3. The maximum Gasteiger partial charge on any atom is 0.407 e. The Kier molecular flexibility index (Phi) is 7.93. The maximum atomic E-state index is 12.7. The van der Waals surface area contributed by atoms with E-state index in [0.29, 0.717) is 6.42 Å². The van der Waals surface area contributed by atoms with E-state index in [1.54, 1.807) is 6.92 Å². The lowest BCUT2D eigenvalue weighted by Crippen LogP contribution is -2.49. The van der Waals surface area contributed by atoms with Crippen molar-refractivity contribution in [3.8, 4) is 11.1 Å². The van der Waals surface area contributed by atoms with Crippen LogP contribution in [-0.4, -0.2) is 48.4 Å². The fourth-order valence-corrected chi connectivity index (χ4v) is 5.20. The number of ether oxygens (including phenoxy) is 2. The van der Waals surface area contributed by atoms with Gasteiger partial charge in [0.05, 0.1) is 12.7 Å². The van der Waals surface area contributed by atoms with Crippen molar-refractivity contribution < 1.29 is 29.0 Å². The summed E-state index contributed by atoms with van der Waals surface area (Å²) in [6.45, 7) is 2.38. The molecule has 0 radical (unpaired) electrons. The standard InChI is InChI=1S/C31H32N2O6/c1-19(38-17-20-9-3-2-4-10-20)28(30(35)36)33-29(34)26-15-21(26)16-32-31(37)39-18-27-24-13-7-5-11-22(24)23-12-6-8-14-25(23)27/h2-14,19,21,26-28H,15-18H2,1H3,(H,32,37)(H,33,34)(H,35,36)/t19-,21-,26-,28+/m1/s1. The van der Waals surface area contributed by atoms with Crippen LogP contribution >= 0.6 is 0 Å². The maximum absolute atomic E-state index is 12.7. The van der Waals surface area contributed by atoms with Gasteiger partial charge in [-0.3, -0.25) is 4.79 Å². The number of amides is 2. The molecule has 0 unspecified atom stereocenters. The first-order chi connectivity index (χ1) is 18.9. The molecule has 0 aromatic heterocycles. The van der Waals surface area contributed by atoms with E-state index in [2.05, 4.69) is 34.9 Å². The molecular formula is C31H32N2O6. The number of carboxylic acid groups (broad SMARTS) is 1. The zero-order chi connectivity index (χ0) is 27.4. The second kappa shape index (κ2) is 11.7. The van der Waals surface area contributed by atoms with Crippen LogP contribution in [0.2, 0.25) is 0 Å². The molecule has 0 heterocycles. The van der Waals surface area contributed by atoms with Crippen LogP contribution in [0.5, 0.6) is 0 Å². The molecule has 3 aromatic carbocycles. The molecule has 0 aliphatic heterocycles. The number of fused-ring (bicyclic) bond motifs is 3. The Morgan fingerprint density at radius 2 is 1.54 bits per heavy atom. The lowest BCUT2D eigenvalue weighted by atomic mass is 9.98. The smallest absolute Gasteiger partial charge is 0.407 e. The Morgan fingerprint density at radius 1 is 0.923 bits per heavy atom. The Morgan fingerprint density at radius 3 is 2.18 bits per heavy atom. The predicted octanol–water partition coefficient (Wildman–Crippen LogP) is 4.34. The number of aliphatic carboxylic acids is 1. The Balaban J connectivity index is 1.06. The van der Waals surface area contributed by atoms with Crippen molar-refractivity contribution in [3.05, 3.63) is 95.6 Å². The van der Waals surface area contributed by atoms with Gasteiger partial charge < -0.3 is 25.2 Å². The fourth-order valence-electron chi connectivity index (χ4n) is 5.20. The molecule has 1 fully saturated rings. The van der Waals surface area contributed by atoms with E-state index in [4.69, 9.17) is 9.47 Å². The molecule has 3 N–H and O–H groups in total. The number of hydrogen-bond donors (Lipinski definition) is 3. The second-order valence-electron chi connectivity index (χ2n) is 10.1. The molecule has 202 valence electrons. The monoisotopic (exact) mass is 528 g/mol. The highest BCUT2D eigenvalue weighted by atomic mass is 16.5. The van der Waals surface area contributed by atoms with Crippen LogP contribution in [0.3, 0.4) is 0 Å². The highest BCUT2D eigenvalue weighted by molar-refractivity contribution is 5.87. The molecule has 39 heavy (non-hydrogen) atoms. The zero-order valence-corrected chi connectivity index (χ0v) is 21.7. The summed E-state index contributed by atoms with van der Waals surface area (Å²) in [5.74, 6) is -1.96. The Hall–Kier alpha value is -4.17. The Bertz CT molecular complexity index is 1300. The third kappa shape index (κ3) is 6.12. The Labute approximate surface area is 227 Å². The molecule has 8 nitrogen and oxygen atoms in total. The minimum Gasteiger partial charge on any atom is -0.480 e. The first kappa shape index (κ1) is 26.4. The van der Waals surface area contributed by atoms with Gasteiger partial charge in [0.1, 0.15) is 6.61 Å². The molecule has 1 saturated carbocycles. The third-order valence-electron chi connectivity index (χ3n) is 7.50. The molecule has 2 amide bonds. The minimum atomic E-state index is -1.17. The van der Waals surface area contributed by atoms with Gasteiger partial charge in [-0.15, -0.1) is 0 Å². The second-order valence-corrected chi connectivity index (χ2v) is 10.1. The fraction of sp³-hybridized carbons (Fsp3) is 0.323. The summed E-state index contributed by atoms with van der Waals surface area (Å²) in [6.07, 6.45) is -0.682. The summed E-state index contributed by atoms with van der Waals surface area (Å²) >= 11 is 0. The van der Waals surface area contributed by atoms with Crippen molar-refractivity contribution in [2.45, 2.75) is 38.0 Å². The molecule has 0 saturated heterocycles. The largest absolute Gasteiger partial charge is 0.480 e. The summed E-state index contributed by atoms with van der Waals surface area (Å²) in [4.78, 5) is 37.0. The summed E-state index contributed by atoms with van der Waals surface area (Å²) in [5.41, 5.74) is 5.52. The van der Waals surface area contributed by atoms with E-state index >= 15 is 0 Å². The molecule has 0 bridgehead atoms. The van der Waals surface area contributed by atoms with Crippen LogP contribution in [0.1, 0.15) is 36.0 Å². The summed E-state index contributed by atoms with van der Waals surface area (Å²) in [7, 11) is 0. The van der Waals surface area contributed by atoms with Crippen molar-refractivity contribution in [3.63, 3.8) is 0 Å². The molecule has 3 aromatic rings. The number of rotatable bonds is 11. The van der Waals surface area contributed by atoms with Gasteiger partial charge in [-0.1, -0.05) is 78.9 Å². The van der Waals surface area contributed by atoms with Gasteiger partial charge >= 0.3 is 12.1 Å². The van der Waals surface area contributed by atoms with Crippen LogP contribution < -0.4 is 10.6 Å². The van der Waals surface area contributed by atoms with Crippen LogP contribution in [0.4, 0.5) is 4.79 Å². The van der Waals surface area contributed by atoms with Crippen molar-refractivity contribution in [2.24, 2.45) is 11.8 Å². The van der Waals surface area contributed by atoms with E-state index in [1.807, 2.05) is 54.6 Å². The zero-order valence-electron chi connectivity index (χ0n) is 21.7. The number of hydrogen-bond acceptors (Lipinski definition) is 5. The number of nitrogens with one attached hydrogen (secondary N) is 2. The van der Waals surface area contributed by atoms with Gasteiger partial charge in [0, 0.05) is 18.4 Å². The highest BCUT2D eigenvalue weighted by Gasteiger charge is 2.44. The van der Waals surface area contributed by atoms with Crippen LogP contribution in [0.25, 0.3) is 11.1 Å². The van der Waals surface area contributed by atoms with Gasteiger partial charge in [0.25, 0.3) is 0 Å². The van der Waals surface area contributed by atoms with Crippen molar-refractivity contribution >= 4 is 18.0 Å². The van der Waals surface area contributed by atoms with Gasteiger partial charge in [-0.2, -0.15) is 0 Å². The normalized spacial score (nSPS) is 18.8. The van der Waals surface area contributed by atoms with E-state index in [9.17, 15) is 19.5 Å². The van der Waals surface area contributed by atoms with Crippen molar-refractivity contribution in [1.29, 1.82) is 0 Å². The molecule has 2 aliphatic carbocycles. The summed E-state index contributed by atoms with van der Waals surface area (Å²) in [5, 5.41) is 15.0. The highest BCUT2D eigenvalue weighted by Crippen LogP contribution is 2.44. The average Bonchev–Trinajstić information content (AvgIpc) is 3.67. The molecule has 8 heteroatoms. The minimum absolute atomic E-state index is 0.0262. The number of carbonyl (C=O) groups is 3. The van der Waals surface area contributed by atoms with E-state index in [1.165, 1.54) is 0 Å². The number of carboxylic acids is 1. The van der Waals surface area contributed by atoms with E-state index in [-0.39, 0.29) is 43.4 Å². The molecule has 4 atom stereocenters. The van der Waals surface area contributed by atoms with Gasteiger partial charge in [-0.25, -0.2) is 9.59 Å². The predicted molar refractivity (Wildman–Crippen MR) is 145 cm³/mol. The molecule has 2 aliphatic rings. The number of benzene rings is 3. The lowest BCUT2D eigenvalue weighted by molar-refractivity contribution is -0.146. The van der Waals surface area contributed by atoms with Gasteiger partial charge in [0.2, 0.25) is 5.91 Å². The molecular weight excluding hydrogens is 496 g/mol. The third-order valence-corrected chi connectivity index (χ3v) is 7.50. The SMILES string of the molecule is C[C@@H](OCc1ccccc1)[C@H](NC(=O)[C@@H]1C[C@@H]1CNC(=O)OCC1c2ccccc2-c2ccccc21)C(=O)O. The van der Waals surface area contributed by atoms with Crippen molar-refractivity contribution in [1.82, 2.24) is 10.6 Å². The van der Waals surface area contributed by atoms with Gasteiger partial charge in [-0.05, 0) is 47.1 Å². The quantitative estimate of drug-likeness (QED) is 0.341.